The first kappa shape index (κ1) is 15.3. The minimum absolute atomic E-state index is 0.0935. The van der Waals surface area contributed by atoms with E-state index >= 15 is 0 Å². The Balaban J connectivity index is 2.74. The van der Waals surface area contributed by atoms with Crippen LogP contribution in [0.4, 0.5) is 10.5 Å². The van der Waals surface area contributed by atoms with Gasteiger partial charge < -0.3 is 15.3 Å². The SMILES string of the molecule is CCN(C(=O)Nc1ccccc1Cl)C(C)CC(=O)O. The average molecular weight is 285 g/mol. The number of para-hydroxylation sites is 1. The van der Waals surface area contributed by atoms with Gasteiger partial charge in [-0.3, -0.25) is 4.79 Å². The first-order valence-corrected chi connectivity index (χ1v) is 6.37. The van der Waals surface area contributed by atoms with E-state index in [2.05, 4.69) is 5.32 Å². The summed E-state index contributed by atoms with van der Waals surface area (Å²) in [4.78, 5) is 24.2. The van der Waals surface area contributed by atoms with Crippen LogP contribution >= 0.6 is 11.6 Å². The van der Waals surface area contributed by atoms with Gasteiger partial charge in [-0.25, -0.2) is 4.79 Å². The third-order valence-electron chi connectivity index (χ3n) is 2.72. The number of hydrogen-bond acceptors (Lipinski definition) is 2. The molecule has 0 aliphatic heterocycles. The third kappa shape index (κ3) is 4.44. The standard InChI is InChI=1S/C13H17ClN2O3/c1-3-16(9(2)8-12(17)18)13(19)15-11-7-5-4-6-10(11)14/h4-7,9H,3,8H2,1-2H3,(H,15,19)(H,17,18). The Bertz CT molecular complexity index is 465. The Labute approximate surface area is 117 Å². The largest absolute Gasteiger partial charge is 0.481 e. The van der Waals surface area contributed by atoms with Crippen LogP contribution in [0.5, 0.6) is 0 Å². The van der Waals surface area contributed by atoms with Gasteiger partial charge >= 0.3 is 12.0 Å². The van der Waals surface area contributed by atoms with Gasteiger partial charge in [-0.05, 0) is 26.0 Å². The number of amides is 2. The van der Waals surface area contributed by atoms with E-state index < -0.39 is 5.97 Å². The van der Waals surface area contributed by atoms with Crippen molar-refractivity contribution < 1.29 is 14.7 Å². The monoisotopic (exact) mass is 284 g/mol. The van der Waals surface area contributed by atoms with Crippen molar-refractivity contribution >= 4 is 29.3 Å². The number of rotatable bonds is 5. The molecule has 1 aromatic carbocycles. The maximum Gasteiger partial charge on any atom is 0.322 e. The normalized spacial score (nSPS) is 11.7. The lowest BCUT2D eigenvalue weighted by molar-refractivity contribution is -0.137. The fourth-order valence-electron chi connectivity index (χ4n) is 1.77. The predicted molar refractivity (Wildman–Crippen MR) is 74.6 cm³/mol. The Morgan fingerprint density at radius 3 is 2.58 bits per heavy atom. The number of nitrogens with zero attached hydrogens (tertiary/aromatic N) is 1. The van der Waals surface area contributed by atoms with Crippen LogP contribution in [0.15, 0.2) is 24.3 Å². The van der Waals surface area contributed by atoms with Crippen LogP contribution in [-0.2, 0) is 4.79 Å². The highest BCUT2D eigenvalue weighted by atomic mass is 35.5. The summed E-state index contributed by atoms with van der Waals surface area (Å²) in [6.07, 6.45) is -0.0935. The number of carbonyl (C=O) groups is 2. The molecule has 1 rings (SSSR count). The molecule has 1 atom stereocenters. The van der Waals surface area contributed by atoms with Gasteiger partial charge in [-0.15, -0.1) is 0 Å². The Morgan fingerprint density at radius 2 is 2.05 bits per heavy atom. The summed E-state index contributed by atoms with van der Waals surface area (Å²) in [7, 11) is 0. The number of halogens is 1. The second kappa shape index (κ2) is 6.99. The fourth-order valence-corrected chi connectivity index (χ4v) is 1.95. The number of urea groups is 1. The van der Waals surface area contributed by atoms with E-state index in [1.165, 1.54) is 4.90 Å². The summed E-state index contributed by atoms with van der Waals surface area (Å²) < 4.78 is 0. The van der Waals surface area contributed by atoms with Gasteiger partial charge in [0.1, 0.15) is 0 Å². The summed E-state index contributed by atoms with van der Waals surface area (Å²) in [5, 5.41) is 11.9. The highest BCUT2D eigenvalue weighted by molar-refractivity contribution is 6.33. The lowest BCUT2D eigenvalue weighted by atomic mass is 10.2. The van der Waals surface area contributed by atoms with Crippen molar-refractivity contribution in [2.24, 2.45) is 0 Å². The van der Waals surface area contributed by atoms with Crippen molar-refractivity contribution in [1.82, 2.24) is 4.90 Å². The number of benzene rings is 1. The fraction of sp³-hybridized carbons (Fsp3) is 0.385. The lowest BCUT2D eigenvalue weighted by Crippen LogP contribution is -2.42. The number of hydrogen-bond donors (Lipinski definition) is 2. The Kier molecular flexibility index (Phi) is 5.63. The minimum Gasteiger partial charge on any atom is -0.481 e. The van der Waals surface area contributed by atoms with Crippen molar-refractivity contribution in [3.8, 4) is 0 Å². The van der Waals surface area contributed by atoms with Crippen molar-refractivity contribution in [3.05, 3.63) is 29.3 Å². The van der Waals surface area contributed by atoms with Gasteiger partial charge in [0.2, 0.25) is 0 Å². The molecule has 5 nitrogen and oxygen atoms in total. The highest BCUT2D eigenvalue weighted by Crippen LogP contribution is 2.21. The third-order valence-corrected chi connectivity index (χ3v) is 3.05. The van der Waals surface area contributed by atoms with Crippen molar-refractivity contribution in [3.63, 3.8) is 0 Å². The molecule has 2 amide bonds. The van der Waals surface area contributed by atoms with E-state index in [0.717, 1.165) is 0 Å². The van der Waals surface area contributed by atoms with Gasteiger partial charge in [0.15, 0.2) is 0 Å². The quantitative estimate of drug-likeness (QED) is 0.873. The van der Waals surface area contributed by atoms with E-state index in [1.807, 2.05) is 0 Å². The molecule has 6 heteroatoms. The summed E-state index contributed by atoms with van der Waals surface area (Å²) in [6.45, 7) is 3.92. The van der Waals surface area contributed by atoms with Crippen LogP contribution in [-0.4, -0.2) is 34.6 Å². The van der Waals surface area contributed by atoms with E-state index in [-0.39, 0.29) is 18.5 Å². The molecule has 0 aliphatic rings. The molecule has 0 saturated carbocycles. The topological polar surface area (TPSA) is 69.6 Å². The number of carboxylic acid groups (broad SMARTS) is 1. The number of aliphatic carboxylic acids is 1. The molecule has 0 heterocycles. The van der Waals surface area contributed by atoms with Crippen LogP contribution in [0.1, 0.15) is 20.3 Å². The first-order chi connectivity index (χ1) is 8.95. The van der Waals surface area contributed by atoms with Crippen molar-refractivity contribution in [2.75, 3.05) is 11.9 Å². The zero-order valence-electron chi connectivity index (χ0n) is 10.9. The molecule has 0 aromatic heterocycles. The lowest BCUT2D eigenvalue weighted by Gasteiger charge is -2.27. The zero-order chi connectivity index (χ0) is 14.4. The number of carbonyl (C=O) groups excluding carboxylic acids is 1. The average Bonchev–Trinajstić information content (AvgIpc) is 2.32. The van der Waals surface area contributed by atoms with Crippen molar-refractivity contribution in [2.45, 2.75) is 26.3 Å². The van der Waals surface area contributed by atoms with E-state index in [0.29, 0.717) is 17.3 Å². The molecular formula is C13H17ClN2O3. The van der Waals surface area contributed by atoms with Crippen LogP contribution in [0, 0.1) is 0 Å². The van der Waals surface area contributed by atoms with E-state index in [1.54, 1.807) is 38.1 Å². The number of anilines is 1. The maximum absolute atomic E-state index is 12.1. The van der Waals surface area contributed by atoms with Crippen molar-refractivity contribution in [1.29, 1.82) is 0 Å². The van der Waals surface area contributed by atoms with Gasteiger partial charge in [0.05, 0.1) is 17.1 Å². The molecule has 0 saturated heterocycles. The predicted octanol–water partition coefficient (Wildman–Crippen LogP) is 3.06. The number of nitrogens with one attached hydrogen (secondary N) is 1. The highest BCUT2D eigenvalue weighted by Gasteiger charge is 2.21. The van der Waals surface area contributed by atoms with E-state index in [9.17, 15) is 9.59 Å². The van der Waals surface area contributed by atoms with E-state index in [4.69, 9.17) is 16.7 Å². The summed E-state index contributed by atoms with van der Waals surface area (Å²) in [5.41, 5.74) is 0.509. The molecular weight excluding hydrogens is 268 g/mol. The molecule has 0 spiro atoms. The Hall–Kier alpha value is -1.75. The molecule has 0 bridgehead atoms. The van der Waals surface area contributed by atoms with Crippen LogP contribution in [0.2, 0.25) is 5.02 Å². The second-order valence-electron chi connectivity index (χ2n) is 4.14. The summed E-state index contributed by atoms with van der Waals surface area (Å²) >= 11 is 5.95. The van der Waals surface area contributed by atoms with Crippen LogP contribution < -0.4 is 5.32 Å². The maximum atomic E-state index is 12.1. The first-order valence-electron chi connectivity index (χ1n) is 5.99. The molecule has 2 N–H and O–H groups in total. The molecule has 19 heavy (non-hydrogen) atoms. The molecule has 0 aliphatic carbocycles. The number of carboxylic acids is 1. The van der Waals surface area contributed by atoms with Gasteiger partial charge in [0.25, 0.3) is 0 Å². The minimum atomic E-state index is -0.934. The summed E-state index contributed by atoms with van der Waals surface area (Å²) in [5.74, 6) is -0.934. The van der Waals surface area contributed by atoms with Gasteiger partial charge in [0, 0.05) is 12.6 Å². The zero-order valence-corrected chi connectivity index (χ0v) is 11.6. The molecule has 0 radical (unpaired) electrons. The smallest absolute Gasteiger partial charge is 0.322 e. The molecule has 104 valence electrons. The molecule has 1 aromatic rings. The molecule has 1 unspecified atom stereocenters. The summed E-state index contributed by atoms with van der Waals surface area (Å²) in [6, 6.07) is 6.15. The van der Waals surface area contributed by atoms with Gasteiger partial charge in [-0.2, -0.15) is 0 Å². The second-order valence-corrected chi connectivity index (χ2v) is 4.55. The Morgan fingerprint density at radius 1 is 1.42 bits per heavy atom. The molecule has 0 fully saturated rings. The van der Waals surface area contributed by atoms with Crippen LogP contribution in [0.25, 0.3) is 0 Å². The van der Waals surface area contributed by atoms with Crippen LogP contribution in [0.3, 0.4) is 0 Å². The van der Waals surface area contributed by atoms with Gasteiger partial charge in [-0.1, -0.05) is 23.7 Å².